The van der Waals surface area contributed by atoms with Crippen molar-refractivity contribution >= 4 is 28.9 Å². The van der Waals surface area contributed by atoms with Crippen molar-refractivity contribution in [2.24, 2.45) is 11.8 Å². The predicted molar refractivity (Wildman–Crippen MR) is 120 cm³/mol. The molecule has 1 aliphatic rings. The van der Waals surface area contributed by atoms with Crippen molar-refractivity contribution in [3.8, 4) is 11.8 Å². The van der Waals surface area contributed by atoms with Crippen LogP contribution in [-0.2, 0) is 12.8 Å². The number of aliphatic hydroxyl groups excluding tert-OH is 2. The van der Waals surface area contributed by atoms with Crippen LogP contribution in [0, 0.1) is 23.7 Å². The Bertz CT molecular complexity index is 913. The Labute approximate surface area is 186 Å². The molecule has 3 rings (SSSR count). The molecule has 1 fully saturated rings. The number of aryl methyl sites for hydroxylation is 2. The molecule has 1 aliphatic carbocycles. The number of carbonyl (C=O) groups is 1. The van der Waals surface area contributed by atoms with Gasteiger partial charge in [-0.1, -0.05) is 24.0 Å². The van der Waals surface area contributed by atoms with Crippen molar-refractivity contribution < 1.29 is 20.1 Å². The number of carboxylic acids is 1. The van der Waals surface area contributed by atoms with Crippen LogP contribution in [-0.4, -0.2) is 39.4 Å². The Hall–Kier alpha value is -1.84. The van der Waals surface area contributed by atoms with Gasteiger partial charge in [0.15, 0.2) is 0 Å². The number of hydrogen-bond acceptors (Lipinski definition) is 4. The number of hydrogen-bond donors (Lipinski definition) is 3. The summed E-state index contributed by atoms with van der Waals surface area (Å²) in [6.45, 7) is 0.173. The lowest BCUT2D eigenvalue weighted by molar-refractivity contribution is 0.0702. The van der Waals surface area contributed by atoms with E-state index >= 15 is 0 Å². The van der Waals surface area contributed by atoms with Gasteiger partial charge >= 0.3 is 5.97 Å². The van der Waals surface area contributed by atoms with Gasteiger partial charge in [-0.25, -0.2) is 4.79 Å². The second-order valence-corrected chi connectivity index (χ2v) is 9.50. The Kier molecular flexibility index (Phi) is 8.35. The molecule has 1 aromatic heterocycles. The molecule has 4 nitrogen and oxygen atoms in total. The van der Waals surface area contributed by atoms with Crippen molar-refractivity contribution in [2.45, 2.75) is 50.0 Å². The molecule has 1 heterocycles. The van der Waals surface area contributed by atoms with Crippen LogP contribution in [0.5, 0.6) is 0 Å². The van der Waals surface area contributed by atoms with Crippen LogP contribution in [0.15, 0.2) is 36.4 Å². The molecule has 0 aliphatic heterocycles. The minimum absolute atomic E-state index is 0.104. The third-order valence-corrected chi connectivity index (χ3v) is 7.21. The summed E-state index contributed by atoms with van der Waals surface area (Å²) in [4.78, 5) is 12.4. The van der Waals surface area contributed by atoms with Gasteiger partial charge in [-0.15, -0.1) is 22.9 Å². The molecule has 1 saturated carbocycles. The number of rotatable bonds is 8. The topological polar surface area (TPSA) is 77.8 Å². The first-order valence-corrected chi connectivity index (χ1v) is 11.6. The fourth-order valence-corrected chi connectivity index (χ4v) is 5.37. The molecule has 1 aromatic carbocycles. The largest absolute Gasteiger partial charge is 0.477 e. The van der Waals surface area contributed by atoms with Crippen LogP contribution in [0.4, 0.5) is 0 Å². The molecule has 6 heteroatoms. The molecule has 30 heavy (non-hydrogen) atoms. The van der Waals surface area contributed by atoms with Crippen LogP contribution < -0.4 is 0 Å². The lowest BCUT2D eigenvalue weighted by atomic mass is 9.90. The normalized spacial score (nSPS) is 23.2. The second kappa shape index (κ2) is 11.0. The molecule has 4 atom stereocenters. The number of aliphatic hydroxyl groups is 2. The first-order chi connectivity index (χ1) is 14.5. The van der Waals surface area contributed by atoms with E-state index in [9.17, 15) is 9.90 Å². The monoisotopic (exact) mass is 446 g/mol. The van der Waals surface area contributed by atoms with Gasteiger partial charge in [-0.05, 0) is 74.3 Å². The highest BCUT2D eigenvalue weighted by Gasteiger charge is 2.40. The zero-order valence-electron chi connectivity index (χ0n) is 16.8. The van der Waals surface area contributed by atoms with Gasteiger partial charge in [0.2, 0.25) is 0 Å². The summed E-state index contributed by atoms with van der Waals surface area (Å²) in [7, 11) is 0. The minimum atomic E-state index is -0.887. The summed E-state index contributed by atoms with van der Waals surface area (Å²) in [5, 5.41) is 28.4. The lowest BCUT2D eigenvalue weighted by Crippen LogP contribution is -2.19. The maximum Gasteiger partial charge on any atom is 0.345 e. The molecule has 0 amide bonds. The SMILES string of the molecule is O=C(O)c1ccc(CCCC2[C@@H](C#Cc3cccc(CCCO)c3)C(O)C[C@H]2Cl)s1. The molecule has 3 N–H and O–H groups in total. The second-order valence-electron chi connectivity index (χ2n) is 7.77. The molecular formula is C24H27ClO4S. The van der Waals surface area contributed by atoms with E-state index in [0.717, 1.165) is 48.1 Å². The summed E-state index contributed by atoms with van der Waals surface area (Å²) >= 11 is 7.85. The average molecular weight is 447 g/mol. The average Bonchev–Trinajstić information content (AvgIpc) is 3.30. The van der Waals surface area contributed by atoms with Gasteiger partial charge in [-0.2, -0.15) is 0 Å². The predicted octanol–water partition coefficient (Wildman–Crippen LogP) is 4.35. The van der Waals surface area contributed by atoms with E-state index < -0.39 is 12.1 Å². The Morgan fingerprint density at radius 1 is 1.20 bits per heavy atom. The van der Waals surface area contributed by atoms with Gasteiger partial charge in [0, 0.05) is 22.4 Å². The molecule has 0 bridgehead atoms. The fourth-order valence-electron chi connectivity index (χ4n) is 4.02. The smallest absolute Gasteiger partial charge is 0.345 e. The van der Waals surface area contributed by atoms with Crippen molar-refractivity contribution in [1.29, 1.82) is 0 Å². The quantitative estimate of drug-likeness (QED) is 0.416. The van der Waals surface area contributed by atoms with E-state index in [1.807, 2.05) is 30.3 Å². The molecule has 160 valence electrons. The molecule has 2 unspecified atom stereocenters. The van der Waals surface area contributed by atoms with Gasteiger partial charge in [0.1, 0.15) is 4.88 Å². The maximum atomic E-state index is 11.0. The Balaban J connectivity index is 1.62. The highest BCUT2D eigenvalue weighted by molar-refractivity contribution is 7.13. The highest BCUT2D eigenvalue weighted by atomic mass is 35.5. The molecule has 0 radical (unpaired) electrons. The summed E-state index contributed by atoms with van der Waals surface area (Å²) in [6, 6.07) is 11.5. The number of aromatic carboxylic acids is 1. The Morgan fingerprint density at radius 2 is 2.03 bits per heavy atom. The molecule has 2 aromatic rings. The summed E-state index contributed by atoms with van der Waals surface area (Å²) in [5.74, 6) is 5.55. The van der Waals surface area contributed by atoms with E-state index in [-0.39, 0.29) is 23.8 Å². The number of benzene rings is 1. The zero-order valence-corrected chi connectivity index (χ0v) is 18.3. The van der Waals surface area contributed by atoms with Gasteiger partial charge in [-0.3, -0.25) is 0 Å². The maximum absolute atomic E-state index is 11.0. The summed E-state index contributed by atoms with van der Waals surface area (Å²) < 4.78 is 0. The number of carboxylic acid groups (broad SMARTS) is 1. The van der Waals surface area contributed by atoms with E-state index in [1.54, 1.807) is 6.07 Å². The molecule has 0 spiro atoms. The Morgan fingerprint density at radius 3 is 2.77 bits per heavy atom. The third kappa shape index (κ3) is 6.09. The van der Waals surface area contributed by atoms with E-state index in [2.05, 4.69) is 11.8 Å². The minimum Gasteiger partial charge on any atom is -0.477 e. The van der Waals surface area contributed by atoms with Gasteiger partial charge in [0.05, 0.1) is 12.0 Å². The van der Waals surface area contributed by atoms with Crippen LogP contribution in [0.25, 0.3) is 0 Å². The molecule has 0 saturated heterocycles. The summed E-state index contributed by atoms with van der Waals surface area (Å²) in [6.07, 6.45) is 4.10. The fraction of sp³-hybridized carbons (Fsp3) is 0.458. The van der Waals surface area contributed by atoms with Gasteiger partial charge in [0.25, 0.3) is 0 Å². The molecular weight excluding hydrogens is 420 g/mol. The standard InChI is InChI=1S/C24H27ClO4S/c25-21-15-22(27)20(11-9-17-5-1-4-16(14-17)6-3-13-26)19(21)8-2-7-18-10-12-23(30-18)24(28)29/h1,4-5,10,12,14,19-22,26-27H,2-3,6-8,13,15H2,(H,28,29)/t19?,20-,21-,22?/m1/s1. The first-order valence-electron chi connectivity index (χ1n) is 10.3. The van der Waals surface area contributed by atoms with Crippen molar-refractivity contribution in [3.05, 3.63) is 57.3 Å². The van der Waals surface area contributed by atoms with Gasteiger partial charge < -0.3 is 15.3 Å². The van der Waals surface area contributed by atoms with E-state index in [0.29, 0.717) is 11.3 Å². The van der Waals surface area contributed by atoms with Crippen LogP contribution in [0.2, 0.25) is 0 Å². The van der Waals surface area contributed by atoms with Crippen molar-refractivity contribution in [1.82, 2.24) is 0 Å². The van der Waals surface area contributed by atoms with Crippen LogP contribution in [0.1, 0.15) is 51.4 Å². The van der Waals surface area contributed by atoms with E-state index in [1.165, 1.54) is 11.3 Å². The van der Waals surface area contributed by atoms with Crippen molar-refractivity contribution in [2.75, 3.05) is 6.61 Å². The summed E-state index contributed by atoms with van der Waals surface area (Å²) in [5.41, 5.74) is 2.06. The zero-order chi connectivity index (χ0) is 21.5. The lowest BCUT2D eigenvalue weighted by Gasteiger charge is -2.18. The number of halogens is 1. The number of thiophene rings is 1. The van der Waals surface area contributed by atoms with E-state index in [4.69, 9.17) is 21.8 Å². The number of alkyl halides is 1. The third-order valence-electron chi connectivity index (χ3n) is 5.57. The van der Waals surface area contributed by atoms with Crippen LogP contribution in [0.3, 0.4) is 0 Å². The first kappa shape index (κ1) is 22.8. The van der Waals surface area contributed by atoms with Crippen LogP contribution >= 0.6 is 22.9 Å². The van der Waals surface area contributed by atoms with Crippen molar-refractivity contribution in [3.63, 3.8) is 0 Å². The highest BCUT2D eigenvalue weighted by Crippen LogP contribution is 2.39.